The van der Waals surface area contributed by atoms with Crippen LogP contribution in [0, 0.1) is 0 Å². The van der Waals surface area contributed by atoms with Crippen LogP contribution in [0.3, 0.4) is 0 Å². The van der Waals surface area contributed by atoms with Gasteiger partial charge in [0.05, 0.1) is 12.6 Å². The molecule has 2 amide bonds. The highest BCUT2D eigenvalue weighted by molar-refractivity contribution is 5.86. The minimum absolute atomic E-state index is 0.123. The van der Waals surface area contributed by atoms with Crippen molar-refractivity contribution in [3.05, 3.63) is 35.9 Å². The van der Waals surface area contributed by atoms with Gasteiger partial charge in [0.15, 0.2) is 0 Å². The molecule has 1 aliphatic heterocycles. The van der Waals surface area contributed by atoms with Crippen LogP contribution in [0.5, 0.6) is 0 Å². The van der Waals surface area contributed by atoms with E-state index in [0.29, 0.717) is 0 Å². The van der Waals surface area contributed by atoms with E-state index < -0.39 is 18.2 Å². The van der Waals surface area contributed by atoms with E-state index in [1.165, 1.54) is 9.80 Å². The van der Waals surface area contributed by atoms with E-state index in [9.17, 15) is 14.7 Å². The number of hydrogen-bond acceptors (Lipinski definition) is 4. The van der Waals surface area contributed by atoms with Crippen molar-refractivity contribution in [3.8, 4) is 0 Å². The predicted molar refractivity (Wildman–Crippen MR) is 76.4 cm³/mol. The quantitative estimate of drug-likeness (QED) is 0.896. The lowest BCUT2D eigenvalue weighted by Gasteiger charge is -2.25. The molecule has 1 heterocycles. The molecule has 114 valence electrons. The second-order valence-electron chi connectivity index (χ2n) is 5.33. The first-order valence-corrected chi connectivity index (χ1v) is 6.85. The van der Waals surface area contributed by atoms with Gasteiger partial charge in [0.25, 0.3) is 0 Å². The zero-order chi connectivity index (χ0) is 15.4. The van der Waals surface area contributed by atoms with Crippen LogP contribution in [-0.4, -0.2) is 59.7 Å². The first-order chi connectivity index (χ1) is 9.99. The van der Waals surface area contributed by atoms with Crippen LogP contribution in [0.4, 0.5) is 4.79 Å². The number of hydrogen-bond donors (Lipinski definition) is 1. The van der Waals surface area contributed by atoms with Crippen LogP contribution >= 0.6 is 0 Å². The molecular formula is C15H20N2O4. The van der Waals surface area contributed by atoms with Gasteiger partial charge in [-0.1, -0.05) is 30.3 Å². The van der Waals surface area contributed by atoms with Crippen molar-refractivity contribution >= 4 is 12.0 Å². The van der Waals surface area contributed by atoms with E-state index in [1.54, 1.807) is 14.1 Å². The molecule has 6 nitrogen and oxygen atoms in total. The standard InChI is InChI=1S/C15H20N2O4/c1-16(2)14(19)13-8-12(18)9-17(13)15(20)21-10-11-6-4-3-5-7-11/h3-7,12-13,18H,8-10H2,1-2H3. The maximum atomic E-state index is 12.1. The molecule has 6 heteroatoms. The van der Waals surface area contributed by atoms with Crippen molar-refractivity contribution in [2.75, 3.05) is 20.6 Å². The number of β-amino-alcohol motifs (C(OH)–C–C–N with tert-alkyl or cyclic N) is 1. The van der Waals surface area contributed by atoms with Gasteiger partial charge in [0, 0.05) is 20.5 Å². The van der Waals surface area contributed by atoms with E-state index in [4.69, 9.17) is 4.74 Å². The Morgan fingerprint density at radius 2 is 2.00 bits per heavy atom. The molecule has 1 aliphatic rings. The molecule has 2 rings (SSSR count). The number of aliphatic hydroxyl groups is 1. The maximum Gasteiger partial charge on any atom is 0.410 e. The normalized spacial score (nSPS) is 21.2. The Hall–Kier alpha value is -2.08. The topological polar surface area (TPSA) is 70.1 Å². The van der Waals surface area contributed by atoms with Gasteiger partial charge in [0.1, 0.15) is 12.6 Å². The number of amides is 2. The Morgan fingerprint density at radius 3 is 2.62 bits per heavy atom. The van der Waals surface area contributed by atoms with Crippen LogP contribution in [0.2, 0.25) is 0 Å². The van der Waals surface area contributed by atoms with Gasteiger partial charge in [-0.3, -0.25) is 9.69 Å². The average molecular weight is 292 g/mol. The van der Waals surface area contributed by atoms with Crippen molar-refractivity contribution in [2.24, 2.45) is 0 Å². The summed E-state index contributed by atoms with van der Waals surface area (Å²) in [5.41, 5.74) is 0.876. The fourth-order valence-electron chi connectivity index (χ4n) is 2.35. The highest BCUT2D eigenvalue weighted by Gasteiger charge is 2.40. The molecule has 0 aliphatic carbocycles. The number of ether oxygens (including phenoxy) is 1. The van der Waals surface area contributed by atoms with Gasteiger partial charge in [0.2, 0.25) is 5.91 Å². The van der Waals surface area contributed by atoms with E-state index in [1.807, 2.05) is 30.3 Å². The second-order valence-corrected chi connectivity index (χ2v) is 5.33. The number of carbonyl (C=O) groups is 2. The predicted octanol–water partition coefficient (Wildman–Crippen LogP) is 0.847. The number of likely N-dealkylation sites (tertiary alicyclic amines) is 1. The largest absolute Gasteiger partial charge is 0.445 e. The number of rotatable bonds is 3. The fourth-order valence-corrected chi connectivity index (χ4v) is 2.35. The first kappa shape index (κ1) is 15.3. The van der Waals surface area contributed by atoms with E-state index in [2.05, 4.69) is 0 Å². The van der Waals surface area contributed by atoms with Crippen molar-refractivity contribution in [2.45, 2.75) is 25.2 Å². The van der Waals surface area contributed by atoms with E-state index in [0.717, 1.165) is 5.56 Å². The van der Waals surface area contributed by atoms with Gasteiger partial charge >= 0.3 is 6.09 Å². The molecule has 0 spiro atoms. The minimum atomic E-state index is -0.692. The van der Waals surface area contributed by atoms with Gasteiger partial charge in [-0.15, -0.1) is 0 Å². The van der Waals surface area contributed by atoms with Crippen LogP contribution in [0.15, 0.2) is 30.3 Å². The van der Waals surface area contributed by atoms with E-state index >= 15 is 0 Å². The van der Waals surface area contributed by atoms with Gasteiger partial charge < -0.3 is 14.7 Å². The summed E-state index contributed by atoms with van der Waals surface area (Å²) >= 11 is 0. The average Bonchev–Trinajstić information content (AvgIpc) is 2.87. The van der Waals surface area contributed by atoms with Crippen molar-refractivity contribution in [1.29, 1.82) is 0 Å². The van der Waals surface area contributed by atoms with E-state index in [-0.39, 0.29) is 25.5 Å². The smallest absolute Gasteiger partial charge is 0.410 e. The molecule has 1 saturated heterocycles. The highest BCUT2D eigenvalue weighted by Crippen LogP contribution is 2.20. The molecule has 2 unspecified atom stereocenters. The Kier molecular flexibility index (Phi) is 4.80. The van der Waals surface area contributed by atoms with Gasteiger partial charge in [-0.05, 0) is 5.56 Å². The van der Waals surface area contributed by atoms with Gasteiger partial charge in [-0.2, -0.15) is 0 Å². The monoisotopic (exact) mass is 292 g/mol. The van der Waals surface area contributed by atoms with Crippen LogP contribution < -0.4 is 0 Å². The highest BCUT2D eigenvalue weighted by atomic mass is 16.6. The summed E-state index contributed by atoms with van der Waals surface area (Å²) in [6.07, 6.45) is -1.02. The number of carbonyl (C=O) groups excluding carboxylic acids is 2. The van der Waals surface area contributed by atoms with Crippen molar-refractivity contribution < 1.29 is 19.4 Å². The Morgan fingerprint density at radius 1 is 1.33 bits per heavy atom. The lowest BCUT2D eigenvalue weighted by Crippen LogP contribution is -2.45. The zero-order valence-corrected chi connectivity index (χ0v) is 12.2. The lowest BCUT2D eigenvalue weighted by atomic mass is 10.2. The maximum absolute atomic E-state index is 12.1. The lowest BCUT2D eigenvalue weighted by molar-refractivity contribution is -0.133. The van der Waals surface area contributed by atoms with Crippen molar-refractivity contribution in [3.63, 3.8) is 0 Å². The summed E-state index contributed by atoms with van der Waals surface area (Å²) in [6.45, 7) is 0.271. The third kappa shape index (κ3) is 3.72. The molecule has 0 bridgehead atoms. The van der Waals surface area contributed by atoms with Crippen LogP contribution in [0.25, 0.3) is 0 Å². The van der Waals surface area contributed by atoms with Gasteiger partial charge in [-0.25, -0.2) is 4.79 Å². The molecule has 21 heavy (non-hydrogen) atoms. The molecule has 2 atom stereocenters. The molecule has 1 N–H and O–H groups in total. The molecule has 1 aromatic carbocycles. The molecular weight excluding hydrogens is 272 g/mol. The molecule has 1 aromatic rings. The summed E-state index contributed by atoms with van der Waals surface area (Å²) in [6, 6.07) is 8.66. The van der Waals surface area contributed by atoms with Crippen LogP contribution in [-0.2, 0) is 16.1 Å². The number of likely N-dealkylation sites (N-methyl/N-ethyl adjacent to an activating group) is 1. The molecule has 0 saturated carbocycles. The second kappa shape index (κ2) is 6.58. The third-order valence-electron chi connectivity index (χ3n) is 3.44. The summed E-state index contributed by atoms with van der Waals surface area (Å²) in [5.74, 6) is -0.205. The molecule has 0 aromatic heterocycles. The number of aliphatic hydroxyl groups excluding tert-OH is 1. The van der Waals surface area contributed by atoms with Crippen LogP contribution in [0.1, 0.15) is 12.0 Å². The summed E-state index contributed by atoms with van der Waals surface area (Å²) < 4.78 is 5.23. The minimum Gasteiger partial charge on any atom is -0.445 e. The number of benzene rings is 1. The Labute approximate surface area is 123 Å². The summed E-state index contributed by atoms with van der Waals surface area (Å²) in [7, 11) is 3.25. The Bertz CT molecular complexity index is 504. The fraction of sp³-hybridized carbons (Fsp3) is 0.467. The third-order valence-corrected chi connectivity index (χ3v) is 3.44. The number of nitrogens with zero attached hydrogens (tertiary/aromatic N) is 2. The first-order valence-electron chi connectivity index (χ1n) is 6.85. The SMILES string of the molecule is CN(C)C(=O)C1CC(O)CN1C(=O)OCc1ccccc1. The molecule has 0 radical (unpaired) electrons. The Balaban J connectivity index is 1.98. The summed E-state index contributed by atoms with van der Waals surface area (Å²) in [5, 5.41) is 9.71. The van der Waals surface area contributed by atoms with Crippen molar-refractivity contribution in [1.82, 2.24) is 9.80 Å². The molecule has 1 fully saturated rings. The summed E-state index contributed by atoms with van der Waals surface area (Å²) in [4.78, 5) is 26.9. The zero-order valence-electron chi connectivity index (χ0n) is 12.2.